The van der Waals surface area contributed by atoms with E-state index in [1.165, 1.54) is 19.3 Å². The number of rotatable bonds is 5. The monoisotopic (exact) mass is 290 g/mol. The van der Waals surface area contributed by atoms with Crippen molar-refractivity contribution < 1.29 is 4.74 Å². The van der Waals surface area contributed by atoms with E-state index in [2.05, 4.69) is 34.1 Å². The molecule has 0 radical (unpaired) electrons. The van der Waals surface area contributed by atoms with Gasteiger partial charge in [-0.05, 0) is 44.2 Å². The fourth-order valence-corrected chi connectivity index (χ4v) is 3.41. The van der Waals surface area contributed by atoms with E-state index in [1.54, 1.807) is 0 Å². The first-order valence-electron chi connectivity index (χ1n) is 8.06. The van der Waals surface area contributed by atoms with Crippen LogP contribution in [0.5, 0.6) is 0 Å². The van der Waals surface area contributed by atoms with Crippen LogP contribution in [0.1, 0.15) is 37.9 Å². The van der Waals surface area contributed by atoms with Crippen LogP contribution in [0.15, 0.2) is 24.4 Å². The second-order valence-electron chi connectivity index (χ2n) is 6.22. The first-order chi connectivity index (χ1) is 10.3. The zero-order valence-corrected chi connectivity index (χ0v) is 12.7. The highest BCUT2D eigenvalue weighted by molar-refractivity contribution is 5.13. The molecule has 3 rings (SSSR count). The minimum Gasteiger partial charge on any atom is -0.381 e. The van der Waals surface area contributed by atoms with Gasteiger partial charge in [-0.3, -0.25) is 10.4 Å². The normalized spacial score (nSPS) is 28.6. The van der Waals surface area contributed by atoms with Crippen LogP contribution in [0.2, 0.25) is 0 Å². The van der Waals surface area contributed by atoms with Crippen LogP contribution in [0.3, 0.4) is 0 Å². The summed E-state index contributed by atoms with van der Waals surface area (Å²) in [6.07, 6.45) is 5.50. The Bertz CT molecular complexity index is 422. The topological polar surface area (TPSA) is 58.2 Å². The summed E-state index contributed by atoms with van der Waals surface area (Å²) in [5.41, 5.74) is 7.69. The van der Waals surface area contributed by atoms with Crippen molar-refractivity contribution in [2.75, 3.05) is 19.8 Å². The van der Waals surface area contributed by atoms with Crippen LogP contribution in [0.4, 0.5) is 0 Å². The van der Waals surface area contributed by atoms with Crippen LogP contribution in [0, 0.1) is 5.92 Å². The molecule has 0 spiro atoms. The molecule has 0 amide bonds. The maximum absolute atomic E-state index is 5.44. The zero-order chi connectivity index (χ0) is 14.5. The average molecular weight is 290 g/mol. The summed E-state index contributed by atoms with van der Waals surface area (Å²) in [5, 5.41) is 3.77. The lowest BCUT2D eigenvalue weighted by Crippen LogP contribution is -2.42. The van der Waals surface area contributed by atoms with E-state index in [-0.39, 0.29) is 6.04 Å². The van der Waals surface area contributed by atoms with Crippen molar-refractivity contribution in [3.63, 3.8) is 0 Å². The summed E-state index contributed by atoms with van der Waals surface area (Å²) in [5.74, 6) is 0.803. The van der Waals surface area contributed by atoms with Gasteiger partial charge in [-0.25, -0.2) is 5.43 Å². The summed E-state index contributed by atoms with van der Waals surface area (Å²) in [7, 11) is 0. The Hall–Kier alpha value is -1.01. The molecule has 0 aliphatic carbocycles. The van der Waals surface area contributed by atoms with Crippen molar-refractivity contribution in [2.24, 2.45) is 5.92 Å². The molecule has 2 saturated heterocycles. The molecule has 3 atom stereocenters. The third kappa shape index (κ3) is 4.01. The molecule has 5 heteroatoms. The van der Waals surface area contributed by atoms with E-state index in [0.717, 1.165) is 31.4 Å². The van der Waals surface area contributed by atoms with Crippen LogP contribution >= 0.6 is 0 Å². The third-order valence-corrected chi connectivity index (χ3v) is 4.51. The average Bonchev–Trinajstić information content (AvgIpc) is 2.97. The van der Waals surface area contributed by atoms with Crippen molar-refractivity contribution >= 4 is 0 Å². The molecule has 2 fully saturated rings. The predicted molar refractivity (Wildman–Crippen MR) is 82.7 cm³/mol. The van der Waals surface area contributed by atoms with Gasteiger partial charge >= 0.3 is 0 Å². The van der Waals surface area contributed by atoms with E-state index in [1.807, 2.05) is 18.3 Å². The first kappa shape index (κ1) is 14.9. The van der Waals surface area contributed by atoms with Gasteiger partial charge in [0.05, 0.1) is 11.7 Å². The molecule has 1 aromatic rings. The summed E-state index contributed by atoms with van der Waals surface area (Å²) in [6.45, 7) is 5.09. The number of aromatic nitrogens is 1. The second kappa shape index (κ2) is 7.31. The minimum absolute atomic E-state index is 0.239. The van der Waals surface area contributed by atoms with E-state index in [9.17, 15) is 0 Å². The fraction of sp³-hybridized carbons (Fsp3) is 0.688. The van der Waals surface area contributed by atoms with Crippen LogP contribution < -0.4 is 16.2 Å². The van der Waals surface area contributed by atoms with Crippen molar-refractivity contribution in [3.05, 3.63) is 30.1 Å². The van der Waals surface area contributed by atoms with Gasteiger partial charge in [-0.2, -0.15) is 0 Å². The first-order valence-corrected chi connectivity index (χ1v) is 8.06. The summed E-state index contributed by atoms with van der Waals surface area (Å²) < 4.78 is 5.44. The standard InChI is InChI=1S/C16H26N4O/c1-12(10-13-5-8-21-9-6-13)19-15-11-18-20-16(15)14-4-2-3-7-17-14/h2-4,7,12-13,15-16,18-20H,5-6,8-11H2,1H3. The number of hydrogen-bond acceptors (Lipinski definition) is 5. The van der Waals surface area contributed by atoms with Crippen molar-refractivity contribution in [1.82, 2.24) is 21.2 Å². The molecule has 5 nitrogen and oxygen atoms in total. The van der Waals surface area contributed by atoms with Gasteiger partial charge in [0.25, 0.3) is 0 Å². The Kier molecular flexibility index (Phi) is 5.19. The second-order valence-corrected chi connectivity index (χ2v) is 6.22. The molecule has 0 aromatic carbocycles. The van der Waals surface area contributed by atoms with Crippen molar-refractivity contribution in [2.45, 2.75) is 44.3 Å². The minimum atomic E-state index is 0.239. The molecule has 3 N–H and O–H groups in total. The van der Waals surface area contributed by atoms with Gasteiger partial charge < -0.3 is 10.1 Å². The lowest BCUT2D eigenvalue weighted by molar-refractivity contribution is 0.0607. The molecule has 1 aromatic heterocycles. The highest BCUT2D eigenvalue weighted by atomic mass is 16.5. The molecule has 0 saturated carbocycles. The molecule has 3 heterocycles. The maximum Gasteiger partial charge on any atom is 0.0800 e. The number of nitrogens with one attached hydrogen (secondary N) is 3. The van der Waals surface area contributed by atoms with Crippen LogP contribution in [0.25, 0.3) is 0 Å². The molecule has 2 aliphatic heterocycles. The van der Waals surface area contributed by atoms with Gasteiger partial charge in [-0.1, -0.05) is 6.07 Å². The third-order valence-electron chi connectivity index (χ3n) is 4.51. The summed E-state index contributed by atoms with van der Waals surface area (Å²) in [4.78, 5) is 4.47. The molecule has 3 unspecified atom stereocenters. The molecular formula is C16H26N4O. The Balaban J connectivity index is 1.53. The van der Waals surface area contributed by atoms with Gasteiger partial charge in [0, 0.05) is 38.0 Å². The molecule has 2 aliphatic rings. The summed E-state index contributed by atoms with van der Waals surface area (Å²) >= 11 is 0. The zero-order valence-electron chi connectivity index (χ0n) is 12.7. The van der Waals surface area contributed by atoms with E-state index in [4.69, 9.17) is 4.74 Å². The number of ether oxygens (including phenoxy) is 1. The van der Waals surface area contributed by atoms with E-state index in [0.29, 0.717) is 12.1 Å². The number of hydrazine groups is 1. The highest BCUT2D eigenvalue weighted by Crippen LogP contribution is 2.22. The highest BCUT2D eigenvalue weighted by Gasteiger charge is 2.30. The predicted octanol–water partition coefficient (Wildman–Crippen LogP) is 1.39. The largest absolute Gasteiger partial charge is 0.381 e. The Morgan fingerprint density at radius 2 is 2.24 bits per heavy atom. The lowest BCUT2D eigenvalue weighted by atomic mass is 9.92. The number of nitrogens with zero attached hydrogens (tertiary/aromatic N) is 1. The van der Waals surface area contributed by atoms with Gasteiger partial charge in [0.15, 0.2) is 0 Å². The maximum atomic E-state index is 5.44. The lowest BCUT2D eigenvalue weighted by Gasteiger charge is -2.28. The van der Waals surface area contributed by atoms with Crippen molar-refractivity contribution in [1.29, 1.82) is 0 Å². The quantitative estimate of drug-likeness (QED) is 0.765. The Labute approximate surface area is 126 Å². The molecular weight excluding hydrogens is 264 g/mol. The molecule has 21 heavy (non-hydrogen) atoms. The van der Waals surface area contributed by atoms with E-state index < -0.39 is 0 Å². The SMILES string of the molecule is CC(CC1CCOCC1)NC1CNNC1c1ccccn1. The van der Waals surface area contributed by atoms with Gasteiger partial charge in [0.2, 0.25) is 0 Å². The Morgan fingerprint density at radius 1 is 1.38 bits per heavy atom. The van der Waals surface area contributed by atoms with Gasteiger partial charge in [-0.15, -0.1) is 0 Å². The van der Waals surface area contributed by atoms with Gasteiger partial charge in [0.1, 0.15) is 0 Å². The smallest absolute Gasteiger partial charge is 0.0800 e. The van der Waals surface area contributed by atoms with Crippen LogP contribution in [-0.4, -0.2) is 36.8 Å². The van der Waals surface area contributed by atoms with Crippen LogP contribution in [-0.2, 0) is 4.74 Å². The fourth-order valence-electron chi connectivity index (χ4n) is 3.41. The summed E-state index contributed by atoms with van der Waals surface area (Å²) in [6, 6.07) is 7.24. The van der Waals surface area contributed by atoms with Crippen molar-refractivity contribution in [3.8, 4) is 0 Å². The number of hydrogen-bond donors (Lipinski definition) is 3. The Morgan fingerprint density at radius 3 is 3.00 bits per heavy atom. The molecule has 0 bridgehead atoms. The molecule has 116 valence electrons. The van der Waals surface area contributed by atoms with E-state index >= 15 is 0 Å². The number of pyridine rings is 1.